The van der Waals surface area contributed by atoms with Crippen LogP contribution in [0.3, 0.4) is 0 Å². The van der Waals surface area contributed by atoms with Crippen molar-refractivity contribution in [2.24, 2.45) is 5.92 Å². The quantitative estimate of drug-likeness (QED) is 0.851. The van der Waals surface area contributed by atoms with E-state index in [-0.39, 0.29) is 11.7 Å². The number of nitrogens with one attached hydrogen (secondary N) is 1. The Morgan fingerprint density at radius 2 is 1.43 bits per heavy atom. The van der Waals surface area contributed by atoms with E-state index in [4.69, 9.17) is 9.47 Å². The van der Waals surface area contributed by atoms with E-state index < -0.39 is 0 Å². The molecular formula is C17H29NO3. The predicted molar refractivity (Wildman–Crippen MR) is 80.8 cm³/mol. The molecule has 2 aliphatic carbocycles. The largest absolute Gasteiger partial charge is 0.353 e. The second-order valence-corrected chi connectivity index (χ2v) is 6.93. The molecule has 0 aromatic carbocycles. The Morgan fingerprint density at radius 3 is 2.05 bits per heavy atom. The van der Waals surface area contributed by atoms with Gasteiger partial charge in [0, 0.05) is 24.8 Å². The molecule has 21 heavy (non-hydrogen) atoms. The summed E-state index contributed by atoms with van der Waals surface area (Å²) in [6, 6.07) is 0.321. The van der Waals surface area contributed by atoms with Gasteiger partial charge in [0.25, 0.3) is 0 Å². The van der Waals surface area contributed by atoms with Crippen LogP contribution in [0, 0.1) is 5.92 Å². The Kier molecular flexibility index (Phi) is 5.17. The third kappa shape index (κ3) is 3.98. The van der Waals surface area contributed by atoms with Gasteiger partial charge in [0.05, 0.1) is 13.2 Å². The van der Waals surface area contributed by atoms with E-state index in [1.54, 1.807) is 0 Å². The van der Waals surface area contributed by atoms with Gasteiger partial charge in [0.2, 0.25) is 5.91 Å². The van der Waals surface area contributed by atoms with Crippen molar-refractivity contribution in [1.29, 1.82) is 0 Å². The molecule has 1 amide bonds. The van der Waals surface area contributed by atoms with Gasteiger partial charge in [-0.25, -0.2) is 0 Å². The van der Waals surface area contributed by atoms with Crippen molar-refractivity contribution in [2.45, 2.75) is 82.5 Å². The molecule has 0 aromatic rings. The van der Waals surface area contributed by atoms with Crippen LogP contribution in [-0.4, -0.2) is 30.9 Å². The van der Waals surface area contributed by atoms with Crippen LogP contribution in [0.15, 0.2) is 0 Å². The summed E-state index contributed by atoms with van der Waals surface area (Å²) in [6.45, 7) is 1.44. The van der Waals surface area contributed by atoms with Crippen molar-refractivity contribution in [3.63, 3.8) is 0 Å². The number of amides is 1. The summed E-state index contributed by atoms with van der Waals surface area (Å²) in [5.74, 6) is 0.229. The van der Waals surface area contributed by atoms with Crippen molar-refractivity contribution in [3.8, 4) is 0 Å². The van der Waals surface area contributed by atoms with Crippen LogP contribution in [-0.2, 0) is 14.3 Å². The van der Waals surface area contributed by atoms with Crippen LogP contribution in [0.2, 0.25) is 0 Å². The van der Waals surface area contributed by atoms with E-state index in [1.165, 1.54) is 32.1 Å². The van der Waals surface area contributed by atoms with E-state index >= 15 is 0 Å². The summed E-state index contributed by atoms with van der Waals surface area (Å²) >= 11 is 0. The zero-order valence-electron chi connectivity index (χ0n) is 13.1. The van der Waals surface area contributed by atoms with Crippen LogP contribution in [0.4, 0.5) is 0 Å². The maximum atomic E-state index is 12.5. The Hall–Kier alpha value is -0.610. The van der Waals surface area contributed by atoms with Gasteiger partial charge in [0.15, 0.2) is 5.79 Å². The fourth-order valence-corrected chi connectivity index (χ4v) is 4.03. The SMILES string of the molecule is O=C(NC1CCC2(CC1)OCCO2)C1CCCCCCC1. The van der Waals surface area contributed by atoms with Crippen molar-refractivity contribution >= 4 is 5.91 Å². The van der Waals surface area contributed by atoms with Crippen molar-refractivity contribution < 1.29 is 14.3 Å². The van der Waals surface area contributed by atoms with Gasteiger partial charge in [-0.3, -0.25) is 4.79 Å². The molecule has 1 aliphatic heterocycles. The van der Waals surface area contributed by atoms with E-state index in [0.717, 1.165) is 51.7 Å². The first-order valence-electron chi connectivity index (χ1n) is 8.86. The normalized spacial score (nSPS) is 28.2. The molecule has 0 atom stereocenters. The van der Waals surface area contributed by atoms with E-state index in [9.17, 15) is 4.79 Å². The highest BCUT2D eigenvalue weighted by molar-refractivity contribution is 5.78. The molecular weight excluding hydrogens is 266 g/mol. The molecule has 1 saturated heterocycles. The highest BCUT2D eigenvalue weighted by Crippen LogP contribution is 2.36. The van der Waals surface area contributed by atoms with Crippen molar-refractivity contribution in [1.82, 2.24) is 5.32 Å². The van der Waals surface area contributed by atoms with Gasteiger partial charge in [-0.2, -0.15) is 0 Å². The third-order valence-corrected chi connectivity index (χ3v) is 5.38. The van der Waals surface area contributed by atoms with Crippen LogP contribution in [0.1, 0.15) is 70.6 Å². The molecule has 120 valence electrons. The molecule has 2 saturated carbocycles. The average Bonchev–Trinajstić information content (AvgIpc) is 2.90. The first-order valence-corrected chi connectivity index (χ1v) is 8.86. The van der Waals surface area contributed by atoms with Crippen LogP contribution >= 0.6 is 0 Å². The first-order chi connectivity index (χ1) is 10.3. The Morgan fingerprint density at radius 1 is 0.857 bits per heavy atom. The summed E-state index contributed by atoms with van der Waals surface area (Å²) in [5.41, 5.74) is 0. The van der Waals surface area contributed by atoms with Crippen LogP contribution in [0.5, 0.6) is 0 Å². The lowest BCUT2D eigenvalue weighted by Crippen LogP contribution is -2.45. The topological polar surface area (TPSA) is 47.6 Å². The highest BCUT2D eigenvalue weighted by Gasteiger charge is 2.40. The molecule has 3 aliphatic rings. The Bertz CT molecular complexity index is 334. The molecule has 0 aromatic heterocycles. The molecule has 4 nitrogen and oxygen atoms in total. The smallest absolute Gasteiger partial charge is 0.223 e. The number of ether oxygens (including phenoxy) is 2. The monoisotopic (exact) mass is 295 g/mol. The van der Waals surface area contributed by atoms with Gasteiger partial charge in [-0.15, -0.1) is 0 Å². The summed E-state index contributed by atoms with van der Waals surface area (Å²) in [7, 11) is 0. The average molecular weight is 295 g/mol. The molecule has 1 N–H and O–H groups in total. The van der Waals surface area contributed by atoms with Gasteiger partial charge < -0.3 is 14.8 Å². The molecule has 0 unspecified atom stereocenters. The summed E-state index contributed by atoms with van der Waals surface area (Å²) in [5, 5.41) is 3.29. The second-order valence-electron chi connectivity index (χ2n) is 6.93. The maximum Gasteiger partial charge on any atom is 0.223 e. The molecule has 4 heteroatoms. The summed E-state index contributed by atoms with van der Waals surface area (Å²) in [4.78, 5) is 12.5. The van der Waals surface area contributed by atoms with Crippen LogP contribution in [0.25, 0.3) is 0 Å². The fraction of sp³-hybridized carbons (Fsp3) is 0.941. The molecule has 0 bridgehead atoms. The van der Waals surface area contributed by atoms with E-state index in [2.05, 4.69) is 5.32 Å². The zero-order valence-corrected chi connectivity index (χ0v) is 13.1. The van der Waals surface area contributed by atoms with Gasteiger partial charge in [-0.1, -0.05) is 32.1 Å². The van der Waals surface area contributed by atoms with Gasteiger partial charge in [-0.05, 0) is 25.7 Å². The highest BCUT2D eigenvalue weighted by atomic mass is 16.7. The predicted octanol–water partition coefficient (Wildman–Crippen LogP) is 3.15. The van der Waals surface area contributed by atoms with E-state index in [1.807, 2.05) is 0 Å². The Labute approximate surface area is 127 Å². The number of carbonyl (C=O) groups excluding carboxylic acids is 1. The summed E-state index contributed by atoms with van der Waals surface area (Å²) < 4.78 is 11.5. The lowest BCUT2D eigenvalue weighted by Gasteiger charge is -2.36. The zero-order chi connectivity index (χ0) is 14.5. The molecule has 3 rings (SSSR count). The minimum atomic E-state index is -0.318. The fourth-order valence-electron chi connectivity index (χ4n) is 4.03. The van der Waals surface area contributed by atoms with Crippen molar-refractivity contribution in [2.75, 3.05) is 13.2 Å². The molecule has 1 heterocycles. The molecule has 1 spiro atoms. The standard InChI is InChI=1S/C17H29NO3/c19-16(14-6-4-2-1-3-5-7-14)18-15-8-10-17(11-9-15)20-12-13-21-17/h14-15H,1-13H2,(H,18,19). The Balaban J connectivity index is 1.44. The lowest BCUT2D eigenvalue weighted by molar-refractivity contribution is -0.180. The molecule has 3 fully saturated rings. The number of hydrogen-bond donors (Lipinski definition) is 1. The number of hydrogen-bond acceptors (Lipinski definition) is 3. The van der Waals surface area contributed by atoms with Gasteiger partial charge >= 0.3 is 0 Å². The maximum absolute atomic E-state index is 12.5. The third-order valence-electron chi connectivity index (χ3n) is 5.38. The van der Waals surface area contributed by atoms with Gasteiger partial charge in [0.1, 0.15) is 0 Å². The number of rotatable bonds is 2. The second kappa shape index (κ2) is 7.10. The lowest BCUT2D eigenvalue weighted by atomic mass is 9.87. The van der Waals surface area contributed by atoms with Crippen molar-refractivity contribution in [3.05, 3.63) is 0 Å². The molecule has 0 radical (unpaired) electrons. The minimum absolute atomic E-state index is 0.250. The van der Waals surface area contributed by atoms with E-state index in [0.29, 0.717) is 11.9 Å². The minimum Gasteiger partial charge on any atom is -0.353 e. The summed E-state index contributed by atoms with van der Waals surface area (Å²) in [6.07, 6.45) is 12.3. The number of carbonyl (C=O) groups is 1. The first kappa shape index (κ1) is 15.3. The van der Waals surface area contributed by atoms with Crippen LogP contribution < -0.4 is 5.32 Å².